The first-order chi connectivity index (χ1) is 15.3. The van der Waals surface area contributed by atoms with Crippen molar-refractivity contribution in [2.45, 2.75) is 83.4 Å². The number of amides is 1. The molecular weight excluding hydrogens is 400 g/mol. The van der Waals surface area contributed by atoms with Gasteiger partial charge in [0.2, 0.25) is 0 Å². The van der Waals surface area contributed by atoms with E-state index in [1.165, 1.54) is 45.1 Å². The van der Waals surface area contributed by atoms with Crippen LogP contribution in [0.1, 0.15) is 65.2 Å². The van der Waals surface area contributed by atoms with Crippen molar-refractivity contribution in [1.82, 2.24) is 9.80 Å². The minimum Gasteiger partial charge on any atom is -0.447 e. The molecule has 0 aromatic rings. The molecule has 6 rings (SSSR count). The molecule has 178 valence electrons. The SMILES string of the molecule is CC1C2CCC3C4CC=C5CC(N(C)C(=O)OCC6CO6)CCC5(C)C4CCC32CN1C. The number of allylic oxidation sites excluding steroid dienone is 1. The second-order valence-electron chi connectivity index (χ2n) is 12.4. The average molecular weight is 443 g/mol. The zero-order valence-corrected chi connectivity index (χ0v) is 20.5. The number of nitrogens with zero attached hydrogens (tertiary/aromatic N) is 2. The van der Waals surface area contributed by atoms with Gasteiger partial charge in [-0.25, -0.2) is 4.79 Å². The Bertz CT molecular complexity index is 809. The predicted octanol–water partition coefficient (Wildman–Crippen LogP) is 4.72. The van der Waals surface area contributed by atoms with Crippen LogP contribution in [0.3, 0.4) is 0 Å². The first-order valence-electron chi connectivity index (χ1n) is 13.2. The number of carbonyl (C=O) groups is 1. The topological polar surface area (TPSA) is 45.3 Å². The standard InChI is InChI=1S/C27H42N2O3/c1-17-22-7-8-24-21-6-5-18-13-19(29(4)25(30)32-15-20-14-31-20)9-11-26(18,2)23(21)10-12-27(22,24)16-28(17)3/h5,17,19-24H,6-16H2,1-4H3. The number of likely N-dealkylation sites (tertiary alicyclic amines) is 1. The summed E-state index contributed by atoms with van der Waals surface area (Å²) < 4.78 is 10.6. The molecule has 5 nitrogen and oxygen atoms in total. The number of hydrogen-bond acceptors (Lipinski definition) is 4. The van der Waals surface area contributed by atoms with E-state index in [2.05, 4.69) is 31.9 Å². The Labute approximate surface area is 193 Å². The fourth-order valence-electron chi connectivity index (χ4n) is 9.35. The highest BCUT2D eigenvalue weighted by Gasteiger charge is 2.64. The summed E-state index contributed by atoms with van der Waals surface area (Å²) in [6.07, 6.45) is 13.0. The second kappa shape index (κ2) is 7.46. The van der Waals surface area contributed by atoms with Crippen molar-refractivity contribution in [1.29, 1.82) is 0 Å². The lowest BCUT2D eigenvalue weighted by molar-refractivity contribution is -0.0435. The van der Waals surface area contributed by atoms with E-state index in [0.717, 1.165) is 49.2 Å². The minimum absolute atomic E-state index is 0.132. The van der Waals surface area contributed by atoms with E-state index in [4.69, 9.17) is 9.47 Å². The Morgan fingerprint density at radius 2 is 2.00 bits per heavy atom. The number of fused-ring (bicyclic) bond motifs is 4. The Kier molecular flexibility index (Phi) is 5.01. The molecule has 6 aliphatic rings. The summed E-state index contributed by atoms with van der Waals surface area (Å²) in [6, 6.07) is 1.03. The van der Waals surface area contributed by atoms with Gasteiger partial charge in [0.05, 0.1) is 6.61 Å². The van der Waals surface area contributed by atoms with Gasteiger partial charge in [-0.05, 0) is 99.8 Å². The van der Waals surface area contributed by atoms with Crippen LogP contribution in [-0.4, -0.2) is 67.9 Å². The molecule has 0 radical (unpaired) electrons. The summed E-state index contributed by atoms with van der Waals surface area (Å²) in [5.41, 5.74) is 2.58. The number of hydrogen-bond donors (Lipinski definition) is 0. The van der Waals surface area contributed by atoms with Gasteiger partial charge in [0.1, 0.15) is 12.7 Å². The second-order valence-corrected chi connectivity index (χ2v) is 12.4. The Morgan fingerprint density at radius 3 is 2.78 bits per heavy atom. The summed E-state index contributed by atoms with van der Waals surface area (Å²) in [6.45, 7) is 7.52. The monoisotopic (exact) mass is 442 g/mol. The van der Waals surface area contributed by atoms with Crippen molar-refractivity contribution in [2.75, 3.05) is 33.9 Å². The lowest BCUT2D eigenvalue weighted by Gasteiger charge is -2.58. The quantitative estimate of drug-likeness (QED) is 0.469. The molecule has 0 N–H and O–H groups in total. The van der Waals surface area contributed by atoms with Crippen molar-refractivity contribution in [3.8, 4) is 0 Å². The van der Waals surface area contributed by atoms with Gasteiger partial charge in [-0.3, -0.25) is 0 Å². The van der Waals surface area contributed by atoms with Gasteiger partial charge < -0.3 is 19.3 Å². The lowest BCUT2D eigenvalue weighted by atomic mass is 9.47. The van der Waals surface area contributed by atoms with Crippen LogP contribution in [0.4, 0.5) is 4.79 Å². The molecule has 5 heteroatoms. The molecule has 4 aliphatic carbocycles. The summed E-state index contributed by atoms with van der Waals surface area (Å²) >= 11 is 0. The minimum atomic E-state index is -0.181. The number of ether oxygens (including phenoxy) is 2. The Balaban J connectivity index is 1.18. The number of rotatable bonds is 3. The molecule has 0 aromatic heterocycles. The molecule has 9 atom stereocenters. The van der Waals surface area contributed by atoms with Crippen molar-refractivity contribution in [3.05, 3.63) is 11.6 Å². The number of carbonyl (C=O) groups excluding carboxylic acids is 1. The highest BCUT2D eigenvalue weighted by Crippen LogP contribution is 2.68. The van der Waals surface area contributed by atoms with E-state index in [1.54, 1.807) is 5.57 Å². The van der Waals surface area contributed by atoms with Crippen LogP contribution in [0, 0.1) is 34.5 Å². The maximum Gasteiger partial charge on any atom is 0.409 e. The van der Waals surface area contributed by atoms with E-state index in [9.17, 15) is 4.79 Å². The van der Waals surface area contributed by atoms with Gasteiger partial charge in [0.15, 0.2) is 0 Å². The third-order valence-electron chi connectivity index (χ3n) is 11.3. The van der Waals surface area contributed by atoms with Gasteiger partial charge >= 0.3 is 6.09 Å². The molecule has 1 spiro atoms. The van der Waals surface area contributed by atoms with Crippen LogP contribution >= 0.6 is 0 Å². The van der Waals surface area contributed by atoms with Crippen LogP contribution in [0.25, 0.3) is 0 Å². The summed E-state index contributed by atoms with van der Waals surface area (Å²) in [4.78, 5) is 17.1. The fraction of sp³-hybridized carbons (Fsp3) is 0.889. The van der Waals surface area contributed by atoms with Crippen LogP contribution < -0.4 is 0 Å². The van der Waals surface area contributed by atoms with Crippen molar-refractivity contribution in [3.63, 3.8) is 0 Å². The third kappa shape index (κ3) is 3.06. The van der Waals surface area contributed by atoms with E-state index in [-0.39, 0.29) is 18.2 Å². The van der Waals surface area contributed by atoms with E-state index in [0.29, 0.717) is 17.4 Å². The van der Waals surface area contributed by atoms with Crippen LogP contribution in [0.15, 0.2) is 11.6 Å². The molecule has 32 heavy (non-hydrogen) atoms. The van der Waals surface area contributed by atoms with Gasteiger partial charge in [0, 0.05) is 25.7 Å². The van der Waals surface area contributed by atoms with Crippen LogP contribution in [0.2, 0.25) is 0 Å². The van der Waals surface area contributed by atoms with Crippen LogP contribution in [-0.2, 0) is 9.47 Å². The fourth-order valence-corrected chi connectivity index (χ4v) is 9.35. The first-order valence-corrected chi connectivity index (χ1v) is 13.2. The first kappa shape index (κ1) is 21.5. The lowest BCUT2D eigenvalue weighted by Crippen LogP contribution is -2.53. The van der Waals surface area contributed by atoms with E-state index < -0.39 is 0 Å². The Hall–Kier alpha value is -1.07. The third-order valence-corrected chi connectivity index (χ3v) is 11.3. The molecule has 2 aliphatic heterocycles. The average Bonchev–Trinajstić information content (AvgIpc) is 3.49. The zero-order chi connectivity index (χ0) is 22.3. The molecule has 5 fully saturated rings. The van der Waals surface area contributed by atoms with Gasteiger partial charge in [-0.1, -0.05) is 18.6 Å². The van der Waals surface area contributed by atoms with Gasteiger partial charge in [-0.15, -0.1) is 0 Å². The molecule has 2 heterocycles. The maximum atomic E-state index is 12.6. The van der Waals surface area contributed by atoms with Crippen LogP contribution in [0.5, 0.6) is 0 Å². The van der Waals surface area contributed by atoms with Gasteiger partial charge in [-0.2, -0.15) is 0 Å². The highest BCUT2D eigenvalue weighted by atomic mass is 16.6. The maximum absolute atomic E-state index is 12.6. The largest absolute Gasteiger partial charge is 0.447 e. The molecule has 3 saturated carbocycles. The normalized spacial score (nSPS) is 49.4. The molecular formula is C27H42N2O3. The molecule has 9 unspecified atom stereocenters. The van der Waals surface area contributed by atoms with Crippen molar-refractivity contribution < 1.29 is 14.3 Å². The van der Waals surface area contributed by atoms with E-state index >= 15 is 0 Å². The van der Waals surface area contributed by atoms with Crippen molar-refractivity contribution in [2.24, 2.45) is 34.5 Å². The molecule has 1 amide bonds. The smallest absolute Gasteiger partial charge is 0.409 e. The summed E-state index contributed by atoms with van der Waals surface area (Å²) in [5.74, 6) is 3.56. The molecule has 0 bridgehead atoms. The zero-order valence-electron chi connectivity index (χ0n) is 20.5. The molecule has 2 saturated heterocycles. The number of epoxide rings is 1. The predicted molar refractivity (Wildman–Crippen MR) is 124 cm³/mol. The Morgan fingerprint density at radius 1 is 1.22 bits per heavy atom. The van der Waals surface area contributed by atoms with Crippen molar-refractivity contribution >= 4 is 6.09 Å². The summed E-state index contributed by atoms with van der Waals surface area (Å²) in [7, 11) is 4.29. The highest BCUT2D eigenvalue weighted by molar-refractivity contribution is 5.67. The van der Waals surface area contributed by atoms with E-state index in [1.807, 2.05) is 11.9 Å². The molecule has 0 aromatic carbocycles. The van der Waals surface area contributed by atoms with Gasteiger partial charge in [0.25, 0.3) is 0 Å². The summed E-state index contributed by atoms with van der Waals surface area (Å²) in [5, 5.41) is 0.